The van der Waals surface area contributed by atoms with Gasteiger partial charge in [-0.05, 0) is 29.8 Å². The molecule has 1 unspecified atom stereocenters. The van der Waals surface area contributed by atoms with Crippen LogP contribution in [0.25, 0.3) is 0 Å². The molecule has 3 N–H and O–H groups in total. The highest BCUT2D eigenvalue weighted by Gasteiger charge is 2.33. The minimum Gasteiger partial charge on any atom is -0.351 e. The lowest BCUT2D eigenvalue weighted by Gasteiger charge is -2.29. The predicted molar refractivity (Wildman–Crippen MR) is 89.7 cm³/mol. The highest BCUT2D eigenvalue weighted by Crippen LogP contribution is 2.39. The molecule has 0 aromatic heterocycles. The van der Waals surface area contributed by atoms with E-state index in [1.165, 1.54) is 4.90 Å². The molecular weight excluding hydrogens is 337 g/mol. The van der Waals surface area contributed by atoms with Crippen LogP contribution in [0.15, 0.2) is 42.5 Å². The third-order valence-corrected chi connectivity index (χ3v) is 4.27. The number of fused-ring (bicyclic) bond motifs is 1. The maximum Gasteiger partial charge on any atom is 0.316 e. The van der Waals surface area contributed by atoms with Gasteiger partial charge in [0.05, 0.1) is 6.04 Å². The number of benzene rings is 2. The number of amides is 3. The summed E-state index contributed by atoms with van der Waals surface area (Å²) in [6.07, 6.45) is 0. The first-order valence-corrected chi connectivity index (χ1v) is 7.63. The number of nitrogens with zero attached hydrogens (tertiary/aromatic N) is 1. The van der Waals surface area contributed by atoms with Gasteiger partial charge in [-0.15, -0.1) is 0 Å². The molecule has 7 heteroatoms. The molecule has 0 bridgehead atoms. The molecule has 1 aliphatic rings. The first kappa shape index (κ1) is 15.6. The molecule has 2 aromatic carbocycles. The average molecular weight is 350 g/mol. The van der Waals surface area contributed by atoms with Crippen LogP contribution in [0.1, 0.15) is 17.2 Å². The molecule has 1 heterocycles. The summed E-state index contributed by atoms with van der Waals surface area (Å²) in [5, 5.41) is 3.73. The van der Waals surface area contributed by atoms with Gasteiger partial charge in [-0.25, -0.2) is 4.79 Å². The maximum atomic E-state index is 12.1. The van der Waals surface area contributed by atoms with E-state index in [9.17, 15) is 9.59 Å². The molecule has 3 amide bonds. The van der Waals surface area contributed by atoms with E-state index in [1.54, 1.807) is 36.4 Å². The molecule has 0 saturated heterocycles. The van der Waals surface area contributed by atoms with E-state index in [4.69, 9.17) is 28.9 Å². The van der Waals surface area contributed by atoms with Gasteiger partial charge in [0.2, 0.25) is 5.91 Å². The number of hydrogen-bond acceptors (Lipinski definition) is 2. The Bertz CT molecular complexity index is 795. The lowest BCUT2D eigenvalue weighted by atomic mass is 9.96. The van der Waals surface area contributed by atoms with Crippen molar-refractivity contribution in [1.82, 2.24) is 4.90 Å². The Balaban J connectivity index is 2.26. The number of anilines is 1. The lowest BCUT2D eigenvalue weighted by Crippen LogP contribution is -2.42. The molecule has 0 radical (unpaired) electrons. The van der Waals surface area contributed by atoms with Crippen LogP contribution in [-0.4, -0.2) is 23.4 Å². The Morgan fingerprint density at radius 2 is 1.91 bits per heavy atom. The van der Waals surface area contributed by atoms with Gasteiger partial charge >= 0.3 is 6.03 Å². The normalized spacial score (nSPS) is 17.2. The first-order chi connectivity index (χ1) is 11.0. The summed E-state index contributed by atoms with van der Waals surface area (Å²) < 4.78 is 0. The SMILES string of the molecule is NC(=O)N1CC(=O)Nc2ccc(Cl)cc2C1c1ccccc1Cl. The molecule has 3 rings (SSSR count). The summed E-state index contributed by atoms with van der Waals surface area (Å²) >= 11 is 12.4. The first-order valence-electron chi connectivity index (χ1n) is 6.87. The third kappa shape index (κ3) is 2.98. The lowest BCUT2D eigenvalue weighted by molar-refractivity contribution is -0.116. The summed E-state index contributed by atoms with van der Waals surface area (Å²) in [4.78, 5) is 25.3. The van der Waals surface area contributed by atoms with Gasteiger partial charge in [-0.3, -0.25) is 4.79 Å². The number of carbonyl (C=O) groups excluding carboxylic acids is 2. The summed E-state index contributed by atoms with van der Waals surface area (Å²) in [6, 6.07) is 10.9. The Morgan fingerprint density at radius 1 is 1.17 bits per heavy atom. The number of urea groups is 1. The topological polar surface area (TPSA) is 75.4 Å². The number of carbonyl (C=O) groups is 2. The number of rotatable bonds is 1. The van der Waals surface area contributed by atoms with E-state index >= 15 is 0 Å². The van der Waals surface area contributed by atoms with Crippen molar-refractivity contribution in [3.8, 4) is 0 Å². The molecule has 0 spiro atoms. The molecule has 2 aromatic rings. The fraction of sp³-hybridized carbons (Fsp3) is 0.125. The van der Waals surface area contributed by atoms with Crippen LogP contribution in [0.3, 0.4) is 0 Å². The van der Waals surface area contributed by atoms with Crippen LogP contribution in [0.2, 0.25) is 10.0 Å². The van der Waals surface area contributed by atoms with E-state index in [0.29, 0.717) is 26.9 Å². The van der Waals surface area contributed by atoms with Gasteiger partial charge < -0.3 is 16.0 Å². The minimum absolute atomic E-state index is 0.169. The van der Waals surface area contributed by atoms with Crippen LogP contribution < -0.4 is 11.1 Å². The van der Waals surface area contributed by atoms with Crippen LogP contribution in [0, 0.1) is 0 Å². The van der Waals surface area contributed by atoms with Crippen LogP contribution in [0.4, 0.5) is 10.5 Å². The third-order valence-electron chi connectivity index (χ3n) is 3.69. The minimum atomic E-state index is -0.710. The smallest absolute Gasteiger partial charge is 0.316 e. The zero-order chi connectivity index (χ0) is 16.6. The largest absolute Gasteiger partial charge is 0.351 e. The molecule has 0 aliphatic carbocycles. The van der Waals surface area contributed by atoms with Crippen molar-refractivity contribution in [2.24, 2.45) is 5.73 Å². The molecule has 118 valence electrons. The molecule has 0 saturated carbocycles. The van der Waals surface area contributed by atoms with Crippen molar-refractivity contribution in [2.75, 3.05) is 11.9 Å². The molecule has 5 nitrogen and oxygen atoms in total. The van der Waals surface area contributed by atoms with Gasteiger partial charge in [-0.1, -0.05) is 41.4 Å². The Hall–Kier alpha value is -2.24. The quantitative estimate of drug-likeness (QED) is 0.827. The number of hydrogen-bond donors (Lipinski definition) is 2. The molecule has 0 fully saturated rings. The van der Waals surface area contributed by atoms with Gasteiger partial charge in [0.25, 0.3) is 0 Å². The zero-order valence-corrected chi connectivity index (χ0v) is 13.4. The molecule has 1 aliphatic heterocycles. The van der Waals surface area contributed by atoms with E-state index in [1.807, 2.05) is 6.07 Å². The Kier molecular flexibility index (Phi) is 4.15. The maximum absolute atomic E-state index is 12.1. The van der Waals surface area contributed by atoms with E-state index in [-0.39, 0.29) is 12.5 Å². The summed E-state index contributed by atoms with van der Waals surface area (Å²) in [5.74, 6) is -0.332. The summed E-state index contributed by atoms with van der Waals surface area (Å²) in [7, 11) is 0. The van der Waals surface area contributed by atoms with Crippen molar-refractivity contribution in [2.45, 2.75) is 6.04 Å². The van der Waals surface area contributed by atoms with Crippen LogP contribution >= 0.6 is 23.2 Å². The second kappa shape index (κ2) is 6.10. The standard InChI is InChI=1S/C16H13Cl2N3O2/c17-9-5-6-13-11(7-9)15(10-3-1-2-4-12(10)18)21(16(19)23)8-14(22)20-13/h1-7,15H,8H2,(H2,19,23)(H,20,22). The summed E-state index contributed by atoms with van der Waals surface area (Å²) in [5.41, 5.74) is 7.42. The van der Waals surface area contributed by atoms with E-state index in [0.717, 1.165) is 0 Å². The van der Waals surface area contributed by atoms with Crippen molar-refractivity contribution in [3.05, 3.63) is 63.6 Å². The van der Waals surface area contributed by atoms with E-state index < -0.39 is 12.1 Å². The van der Waals surface area contributed by atoms with Crippen molar-refractivity contribution in [3.63, 3.8) is 0 Å². The van der Waals surface area contributed by atoms with Crippen molar-refractivity contribution in [1.29, 1.82) is 0 Å². The molecule has 1 atom stereocenters. The van der Waals surface area contributed by atoms with Gasteiger partial charge in [-0.2, -0.15) is 0 Å². The van der Waals surface area contributed by atoms with E-state index in [2.05, 4.69) is 5.32 Å². The highest BCUT2D eigenvalue weighted by atomic mass is 35.5. The van der Waals surface area contributed by atoms with Gasteiger partial charge in [0.1, 0.15) is 6.54 Å². The fourth-order valence-corrected chi connectivity index (χ4v) is 3.13. The highest BCUT2D eigenvalue weighted by molar-refractivity contribution is 6.31. The zero-order valence-electron chi connectivity index (χ0n) is 11.9. The Morgan fingerprint density at radius 3 is 2.61 bits per heavy atom. The number of nitrogens with one attached hydrogen (secondary N) is 1. The van der Waals surface area contributed by atoms with Crippen molar-refractivity contribution >= 4 is 40.8 Å². The second-order valence-electron chi connectivity index (χ2n) is 5.17. The van der Waals surface area contributed by atoms with Gasteiger partial charge in [0, 0.05) is 21.3 Å². The Labute approximate surface area is 143 Å². The summed E-state index contributed by atoms with van der Waals surface area (Å²) in [6.45, 7) is -0.169. The van der Waals surface area contributed by atoms with Crippen LogP contribution in [0.5, 0.6) is 0 Å². The van der Waals surface area contributed by atoms with Gasteiger partial charge in [0.15, 0.2) is 0 Å². The fourth-order valence-electron chi connectivity index (χ4n) is 2.71. The average Bonchev–Trinajstić information content (AvgIpc) is 2.64. The van der Waals surface area contributed by atoms with Crippen LogP contribution in [-0.2, 0) is 4.79 Å². The number of halogens is 2. The molecule has 23 heavy (non-hydrogen) atoms. The number of nitrogens with two attached hydrogens (primary N) is 1. The monoisotopic (exact) mass is 349 g/mol. The molecular formula is C16H13Cl2N3O2. The predicted octanol–water partition coefficient (Wildman–Crippen LogP) is 3.42. The van der Waals surface area contributed by atoms with Crippen molar-refractivity contribution < 1.29 is 9.59 Å². The second-order valence-corrected chi connectivity index (χ2v) is 6.01. The number of primary amides is 1.